The molecule has 7 heteroatoms. The number of rotatable bonds is 3. The standard InChI is InChI=1S/C7H10F2N2O2S/c8-7(9)14(12,13)11-4-2-6(5-11)1-3-10/h6-7H,1-2,4-5H2. The van der Waals surface area contributed by atoms with Crippen LogP contribution in [0.2, 0.25) is 0 Å². The number of nitrogens with zero attached hydrogens (tertiary/aromatic N) is 2. The summed E-state index contributed by atoms with van der Waals surface area (Å²) in [6, 6.07) is 1.90. The first kappa shape index (κ1) is 11.3. The SMILES string of the molecule is N#CCC1CCN(S(=O)(=O)C(F)F)C1. The van der Waals surface area contributed by atoms with Crippen molar-refractivity contribution in [3.05, 3.63) is 0 Å². The highest BCUT2D eigenvalue weighted by Crippen LogP contribution is 2.24. The molecule has 0 radical (unpaired) electrons. The summed E-state index contributed by atoms with van der Waals surface area (Å²) in [4.78, 5) is 0. The zero-order valence-electron chi connectivity index (χ0n) is 7.36. The van der Waals surface area contributed by atoms with Crippen LogP contribution in [0.4, 0.5) is 8.78 Å². The van der Waals surface area contributed by atoms with Crippen LogP contribution in [0.5, 0.6) is 0 Å². The van der Waals surface area contributed by atoms with Crippen molar-refractivity contribution in [2.75, 3.05) is 13.1 Å². The molecule has 0 bridgehead atoms. The quantitative estimate of drug-likeness (QED) is 0.711. The van der Waals surface area contributed by atoms with Crippen molar-refractivity contribution in [1.29, 1.82) is 5.26 Å². The van der Waals surface area contributed by atoms with Crippen LogP contribution in [-0.4, -0.2) is 31.6 Å². The highest BCUT2D eigenvalue weighted by atomic mass is 32.2. The van der Waals surface area contributed by atoms with Gasteiger partial charge in [0.25, 0.3) is 10.0 Å². The second kappa shape index (κ2) is 4.19. The van der Waals surface area contributed by atoms with Gasteiger partial charge in [0.15, 0.2) is 0 Å². The van der Waals surface area contributed by atoms with E-state index in [1.807, 2.05) is 6.07 Å². The van der Waals surface area contributed by atoms with Gasteiger partial charge in [0.1, 0.15) is 0 Å². The van der Waals surface area contributed by atoms with Gasteiger partial charge in [0, 0.05) is 19.5 Å². The molecule has 1 aliphatic heterocycles. The minimum Gasteiger partial charge on any atom is -0.206 e. The molecule has 1 atom stereocenters. The summed E-state index contributed by atoms with van der Waals surface area (Å²) in [5.74, 6) is -3.46. The monoisotopic (exact) mass is 224 g/mol. The lowest BCUT2D eigenvalue weighted by atomic mass is 10.1. The molecule has 4 nitrogen and oxygen atoms in total. The summed E-state index contributed by atoms with van der Waals surface area (Å²) in [6.07, 6.45) is 0.703. The Labute approximate surface area is 81.2 Å². The molecule has 1 heterocycles. The van der Waals surface area contributed by atoms with Gasteiger partial charge in [-0.2, -0.15) is 18.3 Å². The largest absolute Gasteiger partial charge is 0.350 e. The Morgan fingerprint density at radius 2 is 2.21 bits per heavy atom. The predicted octanol–water partition coefficient (Wildman–Crippen LogP) is 0.774. The fraction of sp³-hybridized carbons (Fsp3) is 0.857. The zero-order valence-corrected chi connectivity index (χ0v) is 8.17. The minimum absolute atomic E-state index is 0.0419. The van der Waals surface area contributed by atoms with E-state index in [4.69, 9.17) is 5.26 Å². The van der Waals surface area contributed by atoms with Crippen LogP contribution >= 0.6 is 0 Å². The van der Waals surface area contributed by atoms with Gasteiger partial charge in [0.2, 0.25) is 0 Å². The first-order valence-corrected chi connectivity index (χ1v) is 5.63. The molecule has 1 aliphatic rings. The van der Waals surface area contributed by atoms with E-state index in [-0.39, 0.29) is 25.4 Å². The van der Waals surface area contributed by atoms with E-state index in [0.717, 1.165) is 4.31 Å². The van der Waals surface area contributed by atoms with Crippen LogP contribution in [0, 0.1) is 17.2 Å². The van der Waals surface area contributed by atoms with Gasteiger partial charge in [-0.1, -0.05) is 0 Å². The highest BCUT2D eigenvalue weighted by molar-refractivity contribution is 7.89. The van der Waals surface area contributed by atoms with Gasteiger partial charge in [-0.15, -0.1) is 0 Å². The molecular formula is C7H10F2N2O2S. The van der Waals surface area contributed by atoms with E-state index in [1.165, 1.54) is 0 Å². The van der Waals surface area contributed by atoms with Gasteiger partial charge >= 0.3 is 5.76 Å². The summed E-state index contributed by atoms with van der Waals surface area (Å²) in [5, 5.41) is 8.36. The number of nitriles is 1. The van der Waals surface area contributed by atoms with Crippen molar-refractivity contribution >= 4 is 10.0 Å². The molecule has 0 aromatic carbocycles. The number of alkyl halides is 2. The molecule has 0 saturated carbocycles. The summed E-state index contributed by atoms with van der Waals surface area (Å²) in [6.45, 7) is 0.138. The van der Waals surface area contributed by atoms with Crippen molar-refractivity contribution in [1.82, 2.24) is 4.31 Å². The Morgan fingerprint density at radius 1 is 1.57 bits per heavy atom. The van der Waals surface area contributed by atoms with Crippen molar-refractivity contribution in [2.24, 2.45) is 5.92 Å². The summed E-state index contributed by atoms with van der Waals surface area (Å²) in [5.41, 5.74) is 0. The fourth-order valence-electron chi connectivity index (χ4n) is 1.44. The highest BCUT2D eigenvalue weighted by Gasteiger charge is 2.37. The second-order valence-corrected chi connectivity index (χ2v) is 5.08. The summed E-state index contributed by atoms with van der Waals surface area (Å²) < 4.78 is 46.9. The normalized spacial score (nSPS) is 24.0. The Morgan fingerprint density at radius 3 is 2.71 bits per heavy atom. The molecule has 0 aromatic rings. The third kappa shape index (κ3) is 2.19. The molecule has 1 saturated heterocycles. The number of sulfonamides is 1. The van der Waals surface area contributed by atoms with Crippen molar-refractivity contribution in [3.8, 4) is 6.07 Å². The lowest BCUT2D eigenvalue weighted by Crippen LogP contribution is -2.33. The second-order valence-electron chi connectivity index (χ2n) is 3.18. The lowest BCUT2D eigenvalue weighted by molar-refractivity contribution is 0.222. The van der Waals surface area contributed by atoms with E-state index in [2.05, 4.69) is 0 Å². The van der Waals surface area contributed by atoms with E-state index in [1.54, 1.807) is 0 Å². The van der Waals surface area contributed by atoms with Gasteiger partial charge in [0.05, 0.1) is 6.07 Å². The first-order chi connectivity index (χ1) is 6.48. The van der Waals surface area contributed by atoms with E-state index < -0.39 is 15.8 Å². The van der Waals surface area contributed by atoms with Gasteiger partial charge < -0.3 is 0 Å². The number of halogens is 2. The van der Waals surface area contributed by atoms with Crippen LogP contribution in [0.15, 0.2) is 0 Å². The van der Waals surface area contributed by atoms with Crippen LogP contribution in [0.1, 0.15) is 12.8 Å². The van der Waals surface area contributed by atoms with Crippen molar-refractivity contribution in [2.45, 2.75) is 18.6 Å². The maximum Gasteiger partial charge on any atom is 0.350 e. The Bertz CT molecular complexity index is 336. The van der Waals surface area contributed by atoms with E-state index in [9.17, 15) is 17.2 Å². The van der Waals surface area contributed by atoms with Crippen molar-refractivity contribution < 1.29 is 17.2 Å². The molecular weight excluding hydrogens is 214 g/mol. The third-order valence-electron chi connectivity index (χ3n) is 2.21. The van der Waals surface area contributed by atoms with Gasteiger partial charge in [-0.3, -0.25) is 0 Å². The molecule has 0 amide bonds. The summed E-state index contributed by atoms with van der Waals surface area (Å²) in [7, 11) is -4.44. The van der Waals surface area contributed by atoms with Crippen LogP contribution in [0.25, 0.3) is 0 Å². The molecule has 0 N–H and O–H groups in total. The van der Waals surface area contributed by atoms with Crippen molar-refractivity contribution in [3.63, 3.8) is 0 Å². The predicted molar refractivity (Wildman–Crippen MR) is 44.8 cm³/mol. The lowest BCUT2D eigenvalue weighted by Gasteiger charge is -2.14. The zero-order chi connectivity index (χ0) is 10.8. The van der Waals surface area contributed by atoms with Crippen LogP contribution in [-0.2, 0) is 10.0 Å². The van der Waals surface area contributed by atoms with Crippen LogP contribution in [0.3, 0.4) is 0 Å². The average molecular weight is 224 g/mol. The Kier molecular flexibility index (Phi) is 3.39. The number of hydrogen-bond acceptors (Lipinski definition) is 3. The van der Waals surface area contributed by atoms with Gasteiger partial charge in [-0.05, 0) is 12.3 Å². The Balaban J connectivity index is 2.63. The minimum atomic E-state index is -4.44. The summed E-state index contributed by atoms with van der Waals surface area (Å²) >= 11 is 0. The third-order valence-corrected chi connectivity index (χ3v) is 3.72. The van der Waals surface area contributed by atoms with Gasteiger partial charge in [-0.25, -0.2) is 8.42 Å². The first-order valence-electron chi connectivity index (χ1n) is 4.12. The smallest absolute Gasteiger partial charge is 0.206 e. The molecule has 1 fully saturated rings. The fourth-order valence-corrected chi connectivity index (χ4v) is 2.44. The molecule has 0 aromatic heterocycles. The molecule has 1 unspecified atom stereocenters. The molecule has 14 heavy (non-hydrogen) atoms. The topological polar surface area (TPSA) is 61.2 Å². The van der Waals surface area contributed by atoms with E-state index >= 15 is 0 Å². The molecule has 1 rings (SSSR count). The van der Waals surface area contributed by atoms with E-state index in [0.29, 0.717) is 6.42 Å². The molecule has 80 valence electrons. The van der Waals surface area contributed by atoms with Crippen LogP contribution < -0.4 is 0 Å². The Hall–Kier alpha value is -0.740. The maximum absolute atomic E-state index is 12.1. The maximum atomic E-state index is 12.1. The average Bonchev–Trinajstić information content (AvgIpc) is 2.53. The number of hydrogen-bond donors (Lipinski definition) is 0. The molecule has 0 aliphatic carbocycles. The molecule has 0 spiro atoms.